The first-order chi connectivity index (χ1) is 16.4. The van der Waals surface area contributed by atoms with Gasteiger partial charge in [0, 0.05) is 48.4 Å². The van der Waals surface area contributed by atoms with Crippen LogP contribution in [0.5, 0.6) is 0 Å². The van der Waals surface area contributed by atoms with E-state index in [9.17, 15) is 14.7 Å². The number of rotatable bonds is 5. The third-order valence-corrected chi connectivity index (χ3v) is 6.57. The average molecular weight is 454 g/mol. The Kier molecular flexibility index (Phi) is 5.46. The zero-order valence-electron chi connectivity index (χ0n) is 19.5. The van der Waals surface area contributed by atoms with Gasteiger partial charge >= 0.3 is 0 Å². The standard InChI is InChI=1S/C28H27N3O3/c1-29(2)14-15-31-25(22-17-30(3)23-11-7-6-10-21(22)23)24(27(33)28(31)34)26(32)20-13-12-18-8-4-5-9-19(18)16-20/h4-13,16-17,25,32H,14-15H2,1-3H3/b26-24+. The van der Waals surface area contributed by atoms with E-state index >= 15 is 0 Å². The minimum Gasteiger partial charge on any atom is -0.507 e. The maximum atomic E-state index is 13.3. The Hall–Kier alpha value is -3.90. The number of hydrogen-bond acceptors (Lipinski definition) is 4. The van der Waals surface area contributed by atoms with E-state index in [4.69, 9.17) is 0 Å². The van der Waals surface area contributed by atoms with Crippen molar-refractivity contribution in [1.29, 1.82) is 0 Å². The summed E-state index contributed by atoms with van der Waals surface area (Å²) in [6.07, 6.45) is 1.96. The number of carbonyl (C=O) groups is 2. The summed E-state index contributed by atoms with van der Waals surface area (Å²) in [5.74, 6) is -1.38. The predicted molar refractivity (Wildman–Crippen MR) is 134 cm³/mol. The van der Waals surface area contributed by atoms with E-state index in [1.165, 1.54) is 0 Å². The van der Waals surface area contributed by atoms with Gasteiger partial charge in [0.2, 0.25) is 0 Å². The molecule has 4 aromatic rings. The topological polar surface area (TPSA) is 65.8 Å². The van der Waals surface area contributed by atoms with Gasteiger partial charge in [-0.3, -0.25) is 9.59 Å². The van der Waals surface area contributed by atoms with Crippen LogP contribution in [0, 0.1) is 0 Å². The van der Waals surface area contributed by atoms with E-state index in [-0.39, 0.29) is 11.3 Å². The highest BCUT2D eigenvalue weighted by Crippen LogP contribution is 2.42. The Labute approximate surface area is 198 Å². The van der Waals surface area contributed by atoms with Crippen molar-refractivity contribution in [3.63, 3.8) is 0 Å². The molecule has 34 heavy (non-hydrogen) atoms. The fourth-order valence-corrected chi connectivity index (χ4v) is 4.82. The van der Waals surface area contributed by atoms with Crippen LogP contribution in [0.1, 0.15) is 17.2 Å². The quantitative estimate of drug-likeness (QED) is 0.278. The number of aryl methyl sites for hydroxylation is 1. The van der Waals surface area contributed by atoms with Gasteiger partial charge in [0.15, 0.2) is 0 Å². The van der Waals surface area contributed by atoms with Crippen LogP contribution >= 0.6 is 0 Å². The summed E-state index contributed by atoms with van der Waals surface area (Å²) in [6, 6.07) is 20.7. The Morgan fingerprint density at radius 3 is 2.44 bits per heavy atom. The van der Waals surface area contributed by atoms with Crippen LogP contribution < -0.4 is 0 Å². The summed E-state index contributed by atoms with van der Waals surface area (Å²) < 4.78 is 1.99. The predicted octanol–water partition coefficient (Wildman–Crippen LogP) is 4.31. The largest absolute Gasteiger partial charge is 0.507 e. The molecule has 1 fully saturated rings. The molecule has 0 saturated carbocycles. The zero-order valence-corrected chi connectivity index (χ0v) is 19.5. The number of aromatic nitrogens is 1. The van der Waals surface area contributed by atoms with Crippen LogP contribution in [0.2, 0.25) is 0 Å². The molecule has 6 heteroatoms. The molecule has 0 radical (unpaired) electrons. The van der Waals surface area contributed by atoms with Gasteiger partial charge in [0.25, 0.3) is 11.7 Å². The molecule has 3 aromatic carbocycles. The highest BCUT2D eigenvalue weighted by Gasteiger charge is 2.46. The molecule has 1 aliphatic heterocycles. The van der Waals surface area contributed by atoms with Crippen molar-refractivity contribution in [3.05, 3.63) is 89.6 Å². The summed E-state index contributed by atoms with van der Waals surface area (Å²) in [5, 5.41) is 14.4. The van der Waals surface area contributed by atoms with Crippen molar-refractivity contribution in [2.45, 2.75) is 6.04 Å². The molecule has 0 spiro atoms. The highest BCUT2D eigenvalue weighted by atomic mass is 16.3. The summed E-state index contributed by atoms with van der Waals surface area (Å²) in [5.41, 5.74) is 2.49. The molecule has 1 atom stereocenters. The number of amides is 1. The lowest BCUT2D eigenvalue weighted by Crippen LogP contribution is -2.35. The van der Waals surface area contributed by atoms with Gasteiger partial charge in [-0.05, 0) is 37.0 Å². The van der Waals surface area contributed by atoms with Crippen LogP contribution in [-0.2, 0) is 16.6 Å². The number of likely N-dealkylation sites (N-methyl/N-ethyl adjacent to an activating group) is 1. The molecule has 172 valence electrons. The number of ketones is 1. The van der Waals surface area contributed by atoms with E-state index in [0.29, 0.717) is 18.7 Å². The van der Waals surface area contributed by atoms with Crippen LogP contribution in [-0.4, -0.2) is 58.3 Å². The molecule has 0 bridgehead atoms. The Bertz CT molecular complexity index is 1460. The van der Waals surface area contributed by atoms with Crippen molar-refractivity contribution >= 4 is 39.1 Å². The van der Waals surface area contributed by atoms with E-state index in [0.717, 1.165) is 27.2 Å². The Morgan fingerprint density at radius 1 is 0.971 bits per heavy atom. The first-order valence-corrected chi connectivity index (χ1v) is 11.3. The minimum absolute atomic E-state index is 0.135. The molecule has 2 heterocycles. The first kappa shape index (κ1) is 21.9. The lowest BCUT2D eigenvalue weighted by molar-refractivity contribution is -0.140. The van der Waals surface area contributed by atoms with Crippen molar-refractivity contribution in [1.82, 2.24) is 14.4 Å². The normalized spacial score (nSPS) is 18.0. The van der Waals surface area contributed by atoms with Gasteiger partial charge in [-0.2, -0.15) is 0 Å². The minimum atomic E-state index is -0.669. The third-order valence-electron chi connectivity index (χ3n) is 6.57. The van der Waals surface area contributed by atoms with Crippen LogP contribution in [0.25, 0.3) is 27.4 Å². The van der Waals surface area contributed by atoms with Crippen molar-refractivity contribution < 1.29 is 14.7 Å². The van der Waals surface area contributed by atoms with Crippen molar-refractivity contribution in [2.24, 2.45) is 7.05 Å². The maximum Gasteiger partial charge on any atom is 0.295 e. The second-order valence-electron chi connectivity index (χ2n) is 9.07. The zero-order chi connectivity index (χ0) is 24.0. The molecule has 1 unspecified atom stereocenters. The Morgan fingerprint density at radius 2 is 1.68 bits per heavy atom. The Balaban J connectivity index is 1.72. The van der Waals surface area contributed by atoms with E-state index in [2.05, 4.69) is 0 Å². The summed E-state index contributed by atoms with van der Waals surface area (Å²) in [7, 11) is 5.80. The number of para-hydroxylation sites is 1. The molecule has 1 amide bonds. The number of likely N-dealkylation sites (tertiary alicyclic amines) is 1. The lowest BCUT2D eigenvalue weighted by atomic mass is 9.94. The van der Waals surface area contributed by atoms with Gasteiger partial charge in [-0.15, -0.1) is 0 Å². The number of hydrogen-bond donors (Lipinski definition) is 1. The molecule has 1 saturated heterocycles. The number of nitrogens with zero attached hydrogens (tertiary/aromatic N) is 3. The van der Waals surface area contributed by atoms with E-state index < -0.39 is 17.7 Å². The molecular weight excluding hydrogens is 426 g/mol. The van der Waals surface area contributed by atoms with Crippen molar-refractivity contribution in [2.75, 3.05) is 27.2 Å². The second kappa shape index (κ2) is 8.47. The summed E-state index contributed by atoms with van der Waals surface area (Å²) in [4.78, 5) is 30.1. The lowest BCUT2D eigenvalue weighted by Gasteiger charge is -2.26. The monoisotopic (exact) mass is 453 g/mol. The molecule has 0 aliphatic carbocycles. The van der Waals surface area contributed by atoms with Gasteiger partial charge in [-0.1, -0.05) is 54.6 Å². The van der Waals surface area contributed by atoms with Crippen molar-refractivity contribution in [3.8, 4) is 0 Å². The highest BCUT2D eigenvalue weighted by molar-refractivity contribution is 6.46. The molecule has 1 aromatic heterocycles. The van der Waals surface area contributed by atoms with E-state index in [1.54, 1.807) is 11.0 Å². The molecular formula is C28H27N3O3. The number of aliphatic hydroxyl groups excluding tert-OH is 1. The van der Waals surface area contributed by atoms with Gasteiger partial charge in [0.05, 0.1) is 11.6 Å². The molecule has 1 N–H and O–H groups in total. The van der Waals surface area contributed by atoms with Gasteiger partial charge < -0.3 is 19.5 Å². The smallest absolute Gasteiger partial charge is 0.295 e. The molecule has 6 nitrogen and oxygen atoms in total. The summed E-state index contributed by atoms with van der Waals surface area (Å²) >= 11 is 0. The number of aliphatic hydroxyl groups is 1. The maximum absolute atomic E-state index is 13.3. The fourth-order valence-electron chi connectivity index (χ4n) is 4.82. The third kappa shape index (κ3) is 3.56. The first-order valence-electron chi connectivity index (χ1n) is 11.3. The molecule has 5 rings (SSSR count). The van der Waals surface area contributed by atoms with Gasteiger partial charge in [-0.25, -0.2) is 0 Å². The van der Waals surface area contributed by atoms with Crippen LogP contribution in [0.15, 0.2) is 78.5 Å². The number of carbonyl (C=O) groups excluding carboxylic acids is 2. The fraction of sp³-hybridized carbons (Fsp3) is 0.214. The number of fused-ring (bicyclic) bond motifs is 2. The number of Topliss-reactive ketones (excluding diaryl/α,β-unsaturated/α-hetero) is 1. The summed E-state index contributed by atoms with van der Waals surface area (Å²) in [6.45, 7) is 0.976. The SMILES string of the molecule is CN(C)CCN1C(=O)C(=O)/C(=C(/O)c2ccc3ccccc3c2)C1c1cn(C)c2ccccc12. The average Bonchev–Trinajstić information content (AvgIpc) is 3.30. The second-order valence-corrected chi connectivity index (χ2v) is 9.07. The van der Waals surface area contributed by atoms with Crippen LogP contribution in [0.3, 0.4) is 0 Å². The van der Waals surface area contributed by atoms with E-state index in [1.807, 2.05) is 97.5 Å². The number of benzene rings is 3. The van der Waals surface area contributed by atoms with Gasteiger partial charge in [0.1, 0.15) is 5.76 Å². The molecule has 1 aliphatic rings. The van der Waals surface area contributed by atoms with Crippen LogP contribution in [0.4, 0.5) is 0 Å².